The van der Waals surface area contributed by atoms with Gasteiger partial charge in [-0.1, -0.05) is 29.9 Å². The number of benzene rings is 1. The first-order chi connectivity index (χ1) is 14.4. The van der Waals surface area contributed by atoms with Crippen LogP contribution in [0.4, 0.5) is 0 Å². The smallest absolute Gasteiger partial charge is 0.267 e. The average Bonchev–Trinajstić information content (AvgIpc) is 3.31. The molecule has 1 aromatic carbocycles. The van der Waals surface area contributed by atoms with E-state index >= 15 is 0 Å². The number of hydrogen-bond donors (Lipinski definition) is 0. The summed E-state index contributed by atoms with van der Waals surface area (Å²) < 4.78 is 12.3. The Labute approximate surface area is 182 Å². The van der Waals surface area contributed by atoms with E-state index in [-0.39, 0.29) is 10.8 Å². The standard InChI is InChI=1S/C21H22N4O3S2/c1-6-16-11(2)17-19(30-16)23-21(29-12(3)18-22-13(4)24-28-18)25(20(17)26)14-8-7-9-15(10-14)27-5/h7-10,12H,6H2,1-5H3. The molecule has 0 saturated heterocycles. The maximum Gasteiger partial charge on any atom is 0.267 e. The Morgan fingerprint density at radius 2 is 2.10 bits per heavy atom. The lowest BCUT2D eigenvalue weighted by molar-refractivity contribution is 0.376. The molecule has 3 heterocycles. The lowest BCUT2D eigenvalue weighted by Gasteiger charge is -2.14. The van der Waals surface area contributed by atoms with E-state index in [1.54, 1.807) is 29.9 Å². The zero-order valence-corrected chi connectivity index (χ0v) is 19.1. The second kappa shape index (κ2) is 8.23. The van der Waals surface area contributed by atoms with E-state index in [1.165, 1.54) is 16.6 Å². The van der Waals surface area contributed by atoms with Crippen LogP contribution >= 0.6 is 23.1 Å². The molecule has 3 aromatic heterocycles. The van der Waals surface area contributed by atoms with Crippen molar-refractivity contribution >= 4 is 33.3 Å². The van der Waals surface area contributed by atoms with Gasteiger partial charge in [-0.25, -0.2) is 4.98 Å². The fourth-order valence-corrected chi connectivity index (χ4v) is 5.41. The molecule has 0 bridgehead atoms. The fraction of sp³-hybridized carbons (Fsp3) is 0.333. The van der Waals surface area contributed by atoms with E-state index in [4.69, 9.17) is 14.2 Å². The summed E-state index contributed by atoms with van der Waals surface area (Å²) in [6, 6.07) is 7.43. The number of ether oxygens (including phenoxy) is 1. The van der Waals surface area contributed by atoms with E-state index in [0.29, 0.717) is 33.7 Å². The topological polar surface area (TPSA) is 83.0 Å². The second-order valence-corrected chi connectivity index (χ2v) is 9.25. The third-order valence-electron chi connectivity index (χ3n) is 4.84. The molecule has 0 amide bonds. The number of thiophene rings is 1. The van der Waals surface area contributed by atoms with Gasteiger partial charge in [-0.2, -0.15) is 4.98 Å². The SMILES string of the molecule is CCc1sc2nc(SC(C)c3nc(C)no3)n(-c3cccc(OC)c3)c(=O)c2c1C. The van der Waals surface area contributed by atoms with Crippen molar-refractivity contribution in [2.45, 2.75) is 44.5 Å². The van der Waals surface area contributed by atoms with Gasteiger partial charge in [-0.05, 0) is 44.9 Å². The van der Waals surface area contributed by atoms with Crippen LogP contribution < -0.4 is 10.3 Å². The molecule has 0 fully saturated rings. The predicted molar refractivity (Wildman–Crippen MR) is 119 cm³/mol. The molecule has 0 radical (unpaired) electrons. The van der Waals surface area contributed by atoms with Crippen LogP contribution in [-0.2, 0) is 6.42 Å². The van der Waals surface area contributed by atoms with Crippen LogP contribution in [0.3, 0.4) is 0 Å². The third kappa shape index (κ3) is 3.63. The lowest BCUT2D eigenvalue weighted by Crippen LogP contribution is -2.22. The highest BCUT2D eigenvalue weighted by atomic mass is 32.2. The van der Waals surface area contributed by atoms with Gasteiger partial charge in [0.1, 0.15) is 10.6 Å². The zero-order valence-electron chi connectivity index (χ0n) is 17.4. The van der Waals surface area contributed by atoms with Crippen LogP contribution in [-0.4, -0.2) is 26.8 Å². The minimum Gasteiger partial charge on any atom is -0.497 e. The molecule has 0 aliphatic heterocycles. The number of hydrogen-bond acceptors (Lipinski definition) is 8. The highest BCUT2D eigenvalue weighted by Crippen LogP contribution is 2.36. The van der Waals surface area contributed by atoms with Gasteiger partial charge < -0.3 is 9.26 Å². The number of aryl methyl sites for hydroxylation is 3. The molecule has 9 heteroatoms. The highest BCUT2D eigenvalue weighted by Gasteiger charge is 2.23. The van der Waals surface area contributed by atoms with Gasteiger partial charge >= 0.3 is 0 Å². The summed E-state index contributed by atoms with van der Waals surface area (Å²) in [6.07, 6.45) is 0.867. The number of methoxy groups -OCH3 is 1. The molecular weight excluding hydrogens is 420 g/mol. The lowest BCUT2D eigenvalue weighted by atomic mass is 10.2. The van der Waals surface area contributed by atoms with Gasteiger partial charge in [-0.15, -0.1) is 11.3 Å². The number of thioether (sulfide) groups is 1. The minimum absolute atomic E-state index is 0.0851. The Morgan fingerprint density at radius 3 is 2.77 bits per heavy atom. The van der Waals surface area contributed by atoms with Crippen molar-refractivity contribution in [3.8, 4) is 11.4 Å². The van der Waals surface area contributed by atoms with Gasteiger partial charge in [0.15, 0.2) is 11.0 Å². The molecule has 0 spiro atoms. The average molecular weight is 443 g/mol. The van der Waals surface area contributed by atoms with Gasteiger partial charge in [-0.3, -0.25) is 9.36 Å². The Bertz CT molecular complexity index is 1280. The predicted octanol–water partition coefficient (Wildman–Crippen LogP) is 4.87. The maximum absolute atomic E-state index is 13.6. The molecule has 0 aliphatic rings. The van der Waals surface area contributed by atoms with Crippen LogP contribution in [0.25, 0.3) is 15.9 Å². The second-order valence-electron chi connectivity index (χ2n) is 6.86. The minimum atomic E-state index is -0.167. The maximum atomic E-state index is 13.6. The molecule has 4 aromatic rings. The summed E-state index contributed by atoms with van der Waals surface area (Å²) in [5, 5.41) is 4.95. The van der Waals surface area contributed by atoms with Gasteiger partial charge in [0, 0.05) is 10.9 Å². The molecule has 0 aliphatic carbocycles. The Morgan fingerprint density at radius 1 is 1.30 bits per heavy atom. The summed E-state index contributed by atoms with van der Waals surface area (Å²) in [6.45, 7) is 7.82. The number of fused-ring (bicyclic) bond motifs is 1. The molecule has 7 nitrogen and oxygen atoms in total. The van der Waals surface area contributed by atoms with Crippen LogP contribution in [0.1, 0.15) is 41.3 Å². The quantitative estimate of drug-likeness (QED) is 0.311. The van der Waals surface area contributed by atoms with E-state index < -0.39 is 0 Å². The van der Waals surface area contributed by atoms with Crippen molar-refractivity contribution < 1.29 is 9.26 Å². The molecule has 1 atom stereocenters. The van der Waals surface area contributed by atoms with Crippen molar-refractivity contribution in [1.82, 2.24) is 19.7 Å². The van der Waals surface area contributed by atoms with Crippen LogP contribution in [0.5, 0.6) is 5.75 Å². The van der Waals surface area contributed by atoms with Crippen LogP contribution in [0.2, 0.25) is 0 Å². The molecule has 1 unspecified atom stereocenters. The summed E-state index contributed by atoms with van der Waals surface area (Å²) in [5.74, 6) is 1.75. The van der Waals surface area contributed by atoms with Gasteiger partial charge in [0.05, 0.1) is 23.4 Å². The molecule has 4 rings (SSSR count). The van der Waals surface area contributed by atoms with Crippen LogP contribution in [0.15, 0.2) is 38.7 Å². The largest absolute Gasteiger partial charge is 0.497 e. The van der Waals surface area contributed by atoms with E-state index in [0.717, 1.165) is 16.8 Å². The molecule has 0 saturated carbocycles. The van der Waals surface area contributed by atoms with E-state index in [1.807, 2.05) is 38.1 Å². The summed E-state index contributed by atoms with van der Waals surface area (Å²) in [7, 11) is 1.61. The van der Waals surface area contributed by atoms with Crippen molar-refractivity contribution in [2.24, 2.45) is 0 Å². The highest BCUT2D eigenvalue weighted by molar-refractivity contribution is 7.99. The molecule has 156 valence electrons. The van der Waals surface area contributed by atoms with Crippen molar-refractivity contribution in [3.63, 3.8) is 0 Å². The number of aromatic nitrogens is 4. The first kappa shape index (κ1) is 20.6. The third-order valence-corrected chi connectivity index (χ3v) is 7.21. The Balaban J connectivity index is 1.93. The van der Waals surface area contributed by atoms with Gasteiger partial charge in [0.2, 0.25) is 5.89 Å². The van der Waals surface area contributed by atoms with E-state index in [2.05, 4.69) is 17.1 Å². The first-order valence-corrected chi connectivity index (χ1v) is 11.3. The van der Waals surface area contributed by atoms with E-state index in [9.17, 15) is 4.79 Å². The summed E-state index contributed by atoms with van der Waals surface area (Å²) in [4.78, 5) is 24.8. The van der Waals surface area contributed by atoms with Gasteiger partial charge in [0.25, 0.3) is 5.56 Å². The number of nitrogens with zero attached hydrogens (tertiary/aromatic N) is 4. The Kier molecular flexibility index (Phi) is 5.66. The Hall–Kier alpha value is -2.65. The van der Waals surface area contributed by atoms with Crippen LogP contribution in [0, 0.1) is 13.8 Å². The van der Waals surface area contributed by atoms with Crippen molar-refractivity contribution in [2.75, 3.05) is 7.11 Å². The fourth-order valence-electron chi connectivity index (χ4n) is 3.29. The summed E-state index contributed by atoms with van der Waals surface area (Å²) >= 11 is 3.00. The molecular formula is C21H22N4O3S2. The summed E-state index contributed by atoms with van der Waals surface area (Å²) in [5.41, 5.74) is 1.62. The van der Waals surface area contributed by atoms with Crippen molar-refractivity contribution in [1.29, 1.82) is 0 Å². The van der Waals surface area contributed by atoms with Crippen molar-refractivity contribution in [3.05, 3.63) is 56.8 Å². The monoisotopic (exact) mass is 442 g/mol. The zero-order chi connectivity index (χ0) is 21.4. The molecule has 0 N–H and O–H groups in total. The first-order valence-electron chi connectivity index (χ1n) is 9.59. The molecule has 30 heavy (non-hydrogen) atoms. The number of rotatable bonds is 6. The normalized spacial score (nSPS) is 12.4.